The summed E-state index contributed by atoms with van der Waals surface area (Å²) < 4.78 is 27.0. The Balaban J connectivity index is 1.91. The number of likely N-dealkylation sites (N-methyl/N-ethyl adjacent to an activating group) is 1. The van der Waals surface area contributed by atoms with Crippen molar-refractivity contribution in [3.63, 3.8) is 0 Å². The third kappa shape index (κ3) is 4.55. The van der Waals surface area contributed by atoms with Crippen LogP contribution in [0.5, 0.6) is 0 Å². The van der Waals surface area contributed by atoms with Crippen molar-refractivity contribution in [3.05, 3.63) is 23.2 Å². The molecule has 3 N–H and O–H groups in total. The van der Waals surface area contributed by atoms with E-state index in [1.807, 2.05) is 0 Å². The second-order valence-electron chi connectivity index (χ2n) is 5.22. The molecule has 0 aliphatic carbocycles. The number of nitrogens with zero attached hydrogens (tertiary/aromatic N) is 2. The fraction of sp³-hybridized carbons (Fsp3) is 0.538. The average molecular weight is 333 g/mol. The minimum Gasteiger partial charge on any atom is -0.398 e. The summed E-state index contributed by atoms with van der Waals surface area (Å²) in [7, 11) is -1.54. The maximum Gasteiger partial charge on any atom is 0.242 e. The molecule has 0 unspecified atom stereocenters. The van der Waals surface area contributed by atoms with Crippen LogP contribution in [0.1, 0.15) is 0 Å². The first kappa shape index (κ1) is 16.5. The zero-order chi connectivity index (χ0) is 15.5. The number of benzene rings is 1. The Morgan fingerprint density at radius 2 is 1.95 bits per heavy atom. The fourth-order valence-electron chi connectivity index (χ4n) is 2.23. The van der Waals surface area contributed by atoms with E-state index in [9.17, 15) is 8.42 Å². The van der Waals surface area contributed by atoms with Crippen LogP contribution in [0, 0.1) is 0 Å². The molecule has 1 heterocycles. The summed E-state index contributed by atoms with van der Waals surface area (Å²) in [6.07, 6.45) is 0. The molecule has 0 atom stereocenters. The third-order valence-corrected chi connectivity index (χ3v) is 5.33. The van der Waals surface area contributed by atoms with Gasteiger partial charge in [0.05, 0.1) is 5.69 Å². The van der Waals surface area contributed by atoms with E-state index in [1.165, 1.54) is 12.1 Å². The van der Waals surface area contributed by atoms with Gasteiger partial charge in [0.2, 0.25) is 10.0 Å². The zero-order valence-electron chi connectivity index (χ0n) is 12.0. The van der Waals surface area contributed by atoms with Crippen LogP contribution in [0.15, 0.2) is 23.1 Å². The zero-order valence-corrected chi connectivity index (χ0v) is 13.6. The smallest absolute Gasteiger partial charge is 0.242 e. The number of sulfonamides is 1. The van der Waals surface area contributed by atoms with E-state index >= 15 is 0 Å². The van der Waals surface area contributed by atoms with Crippen molar-refractivity contribution in [3.8, 4) is 0 Å². The molecule has 8 heteroatoms. The number of halogens is 1. The Bertz CT molecular complexity index is 586. The third-order valence-electron chi connectivity index (χ3n) is 3.58. The Hall–Kier alpha value is -0.860. The molecule has 1 aliphatic heterocycles. The maximum absolute atomic E-state index is 12.2. The van der Waals surface area contributed by atoms with Crippen molar-refractivity contribution in [2.75, 3.05) is 52.0 Å². The Kier molecular flexibility index (Phi) is 5.45. The molecule has 1 saturated heterocycles. The van der Waals surface area contributed by atoms with Crippen molar-refractivity contribution < 1.29 is 8.42 Å². The number of rotatable bonds is 5. The number of nitrogen functional groups attached to an aromatic ring is 1. The van der Waals surface area contributed by atoms with Crippen molar-refractivity contribution in [1.29, 1.82) is 0 Å². The molecule has 1 fully saturated rings. The van der Waals surface area contributed by atoms with E-state index in [4.69, 9.17) is 17.3 Å². The minimum absolute atomic E-state index is 0.0355. The van der Waals surface area contributed by atoms with Gasteiger partial charge in [-0.05, 0) is 25.2 Å². The van der Waals surface area contributed by atoms with E-state index in [0.29, 0.717) is 18.1 Å². The molecule has 0 radical (unpaired) electrons. The molecule has 0 aromatic heterocycles. The number of anilines is 1. The van der Waals surface area contributed by atoms with Gasteiger partial charge < -0.3 is 10.6 Å². The molecule has 0 spiro atoms. The normalized spacial score (nSPS) is 18.0. The summed E-state index contributed by atoms with van der Waals surface area (Å²) in [4.78, 5) is 4.53. The monoisotopic (exact) mass is 332 g/mol. The molecule has 1 aromatic rings. The summed E-state index contributed by atoms with van der Waals surface area (Å²) in [6, 6.07) is 4.44. The molecule has 1 aromatic carbocycles. The second-order valence-corrected chi connectivity index (χ2v) is 7.40. The summed E-state index contributed by atoms with van der Waals surface area (Å²) >= 11 is 5.83. The highest BCUT2D eigenvalue weighted by atomic mass is 35.5. The highest BCUT2D eigenvalue weighted by Gasteiger charge is 2.19. The number of hydrogen-bond acceptors (Lipinski definition) is 5. The van der Waals surface area contributed by atoms with Crippen LogP contribution >= 0.6 is 11.6 Å². The van der Waals surface area contributed by atoms with Crippen molar-refractivity contribution in [2.45, 2.75) is 4.90 Å². The highest BCUT2D eigenvalue weighted by molar-refractivity contribution is 7.89. The van der Waals surface area contributed by atoms with Gasteiger partial charge in [-0.2, -0.15) is 0 Å². The molecule has 0 bridgehead atoms. The standard InChI is InChI=1S/C13H21ClN4O2S/c1-17-6-8-18(9-7-17)5-4-16-21(19,20)13-10-11(14)2-3-12(13)15/h2-3,10,16H,4-9,15H2,1H3. The van der Waals surface area contributed by atoms with E-state index in [-0.39, 0.29) is 10.6 Å². The lowest BCUT2D eigenvalue weighted by molar-refractivity contribution is 0.156. The Morgan fingerprint density at radius 1 is 1.29 bits per heavy atom. The van der Waals surface area contributed by atoms with E-state index in [0.717, 1.165) is 26.2 Å². The lowest BCUT2D eigenvalue weighted by Crippen LogP contribution is -2.46. The number of nitrogens with two attached hydrogens (primary N) is 1. The first-order valence-corrected chi connectivity index (χ1v) is 8.70. The molecule has 21 heavy (non-hydrogen) atoms. The first-order chi connectivity index (χ1) is 9.88. The quantitative estimate of drug-likeness (QED) is 0.765. The van der Waals surface area contributed by atoms with Crippen LogP contribution in [0.3, 0.4) is 0 Å². The van der Waals surface area contributed by atoms with Crippen molar-refractivity contribution >= 4 is 27.3 Å². The molecule has 1 aliphatic rings. The highest BCUT2D eigenvalue weighted by Crippen LogP contribution is 2.22. The van der Waals surface area contributed by atoms with Gasteiger partial charge in [-0.15, -0.1) is 0 Å². The largest absolute Gasteiger partial charge is 0.398 e. The van der Waals surface area contributed by atoms with Gasteiger partial charge in [-0.25, -0.2) is 13.1 Å². The van der Waals surface area contributed by atoms with Gasteiger partial charge in [-0.1, -0.05) is 11.6 Å². The minimum atomic E-state index is -3.62. The first-order valence-electron chi connectivity index (χ1n) is 6.84. The Labute approximate surface area is 130 Å². The van der Waals surface area contributed by atoms with Gasteiger partial charge in [0, 0.05) is 44.3 Å². The van der Waals surface area contributed by atoms with E-state index in [2.05, 4.69) is 21.6 Å². The SMILES string of the molecule is CN1CCN(CCNS(=O)(=O)c2cc(Cl)ccc2N)CC1. The van der Waals surface area contributed by atoms with E-state index in [1.54, 1.807) is 6.07 Å². The molecular formula is C13H21ClN4O2S. The lowest BCUT2D eigenvalue weighted by Gasteiger charge is -2.32. The molecule has 6 nitrogen and oxygen atoms in total. The second kappa shape index (κ2) is 6.93. The predicted molar refractivity (Wildman–Crippen MR) is 85.0 cm³/mol. The summed E-state index contributed by atoms with van der Waals surface area (Å²) in [5.74, 6) is 0. The van der Waals surface area contributed by atoms with Crippen LogP contribution in [-0.2, 0) is 10.0 Å². The predicted octanol–water partition coefficient (Wildman–Crippen LogP) is 0.448. The van der Waals surface area contributed by atoms with E-state index < -0.39 is 10.0 Å². The summed E-state index contributed by atoms with van der Waals surface area (Å²) in [6.45, 7) is 4.97. The van der Waals surface area contributed by atoms with Crippen LogP contribution < -0.4 is 10.5 Å². The molecule has 0 amide bonds. The van der Waals surface area contributed by atoms with Crippen molar-refractivity contribution in [2.24, 2.45) is 0 Å². The Morgan fingerprint density at radius 3 is 2.62 bits per heavy atom. The van der Waals surface area contributed by atoms with Crippen LogP contribution in [-0.4, -0.2) is 64.5 Å². The maximum atomic E-state index is 12.2. The van der Waals surface area contributed by atoms with Gasteiger partial charge in [0.25, 0.3) is 0 Å². The number of hydrogen-bond donors (Lipinski definition) is 2. The molecular weight excluding hydrogens is 312 g/mol. The number of nitrogens with one attached hydrogen (secondary N) is 1. The van der Waals surface area contributed by atoms with Gasteiger partial charge in [0.15, 0.2) is 0 Å². The lowest BCUT2D eigenvalue weighted by atomic mass is 10.3. The molecule has 118 valence electrons. The summed E-state index contributed by atoms with van der Waals surface area (Å²) in [5.41, 5.74) is 5.91. The van der Waals surface area contributed by atoms with Gasteiger partial charge in [0.1, 0.15) is 4.90 Å². The fourth-order valence-corrected chi connectivity index (χ4v) is 3.64. The van der Waals surface area contributed by atoms with Crippen LogP contribution in [0.25, 0.3) is 0 Å². The molecule has 2 rings (SSSR count). The van der Waals surface area contributed by atoms with Crippen molar-refractivity contribution in [1.82, 2.24) is 14.5 Å². The van der Waals surface area contributed by atoms with Crippen LogP contribution in [0.4, 0.5) is 5.69 Å². The van der Waals surface area contributed by atoms with Gasteiger partial charge >= 0.3 is 0 Å². The average Bonchev–Trinajstić information content (AvgIpc) is 2.43. The van der Waals surface area contributed by atoms with Crippen LogP contribution in [0.2, 0.25) is 5.02 Å². The summed E-state index contributed by atoms with van der Waals surface area (Å²) in [5, 5.41) is 0.351. The molecule has 0 saturated carbocycles. The topological polar surface area (TPSA) is 78.7 Å². The number of piperazine rings is 1. The van der Waals surface area contributed by atoms with Gasteiger partial charge in [-0.3, -0.25) is 4.90 Å².